The van der Waals surface area contributed by atoms with Crippen LogP contribution in [0.25, 0.3) is 0 Å². The minimum atomic E-state index is -0.628. The van der Waals surface area contributed by atoms with Crippen molar-refractivity contribution in [3.05, 3.63) is 53.6 Å². The predicted octanol–water partition coefficient (Wildman–Crippen LogP) is 3.03. The van der Waals surface area contributed by atoms with E-state index in [0.29, 0.717) is 5.56 Å². The summed E-state index contributed by atoms with van der Waals surface area (Å²) in [7, 11) is 0. The van der Waals surface area contributed by atoms with Gasteiger partial charge in [-0.15, -0.1) is 0 Å². The average Bonchev–Trinajstić information content (AvgIpc) is 3.05. The number of rotatable bonds is 7. The van der Waals surface area contributed by atoms with Crippen molar-refractivity contribution in [3.63, 3.8) is 0 Å². The van der Waals surface area contributed by atoms with Crippen molar-refractivity contribution >= 4 is 11.9 Å². The molecule has 134 valence electrons. The Bertz CT molecular complexity index is 725. The maximum absolute atomic E-state index is 13.1. The first-order chi connectivity index (χ1) is 11.9. The number of benzene rings is 1. The second-order valence-electron chi connectivity index (χ2n) is 5.86. The lowest BCUT2D eigenvalue weighted by Crippen LogP contribution is -2.31. The fourth-order valence-electron chi connectivity index (χ4n) is 2.31. The third-order valence-electron chi connectivity index (χ3n) is 3.62. The number of aromatic nitrogens is 2. The minimum absolute atomic E-state index is 0.0455. The molecule has 0 fully saturated rings. The van der Waals surface area contributed by atoms with E-state index >= 15 is 0 Å². The molecule has 7 heteroatoms. The molecule has 6 nitrogen and oxygen atoms in total. The third-order valence-corrected chi connectivity index (χ3v) is 3.62. The lowest BCUT2D eigenvalue weighted by atomic mass is 10.0. The highest BCUT2D eigenvalue weighted by Crippen LogP contribution is 2.19. The highest BCUT2D eigenvalue weighted by Gasteiger charge is 2.21. The minimum Gasteiger partial charge on any atom is -0.466 e. The van der Waals surface area contributed by atoms with Crippen molar-refractivity contribution in [2.24, 2.45) is 0 Å². The van der Waals surface area contributed by atoms with E-state index in [0.717, 1.165) is 0 Å². The molecule has 0 aliphatic heterocycles. The molecule has 0 saturated carbocycles. The highest BCUT2D eigenvalue weighted by molar-refractivity contribution is 5.92. The Morgan fingerprint density at radius 1 is 1.24 bits per heavy atom. The summed E-state index contributed by atoms with van der Waals surface area (Å²) in [6.07, 6.45) is 1.67. The maximum atomic E-state index is 13.1. The second-order valence-corrected chi connectivity index (χ2v) is 5.86. The summed E-state index contributed by atoms with van der Waals surface area (Å²) >= 11 is 0. The Hall–Kier alpha value is -2.70. The van der Waals surface area contributed by atoms with Gasteiger partial charge in [0.2, 0.25) is 0 Å². The topological polar surface area (TPSA) is 73.2 Å². The van der Waals surface area contributed by atoms with E-state index in [1.807, 2.05) is 13.8 Å². The average molecular weight is 347 g/mol. The smallest absolute Gasteiger partial charge is 0.308 e. The van der Waals surface area contributed by atoms with Gasteiger partial charge in [0.25, 0.3) is 5.91 Å². The van der Waals surface area contributed by atoms with E-state index in [1.54, 1.807) is 23.9 Å². The van der Waals surface area contributed by atoms with Gasteiger partial charge in [0.15, 0.2) is 0 Å². The standard InChI is InChI=1S/C18H22FN3O3/c1-4-25-17(23)11-16(13-5-7-14(19)8-6-13)20-18(24)15-9-10-22(21-15)12(2)3/h5-10,12,16H,4,11H2,1-3H3,(H,20,24)/t16-/m0/s1. The summed E-state index contributed by atoms with van der Waals surface area (Å²) in [5, 5.41) is 6.99. The number of nitrogens with one attached hydrogen (secondary N) is 1. The number of amides is 1. The zero-order valence-electron chi connectivity index (χ0n) is 14.5. The van der Waals surface area contributed by atoms with Crippen LogP contribution in [0.15, 0.2) is 36.5 Å². The molecule has 0 saturated heterocycles. The van der Waals surface area contributed by atoms with Crippen LogP contribution in [-0.2, 0) is 9.53 Å². The summed E-state index contributed by atoms with van der Waals surface area (Å²) in [6, 6.07) is 6.76. The number of nitrogens with zero attached hydrogens (tertiary/aromatic N) is 2. The van der Waals surface area contributed by atoms with Gasteiger partial charge in [-0.05, 0) is 44.5 Å². The molecule has 0 spiro atoms. The summed E-state index contributed by atoms with van der Waals surface area (Å²) < 4.78 is 19.8. The Balaban J connectivity index is 2.17. The Morgan fingerprint density at radius 2 is 1.92 bits per heavy atom. The summed E-state index contributed by atoms with van der Waals surface area (Å²) in [5.74, 6) is -1.23. The quantitative estimate of drug-likeness (QED) is 0.782. The molecule has 1 atom stereocenters. The van der Waals surface area contributed by atoms with E-state index in [4.69, 9.17) is 4.74 Å². The second kappa shape index (κ2) is 8.41. The first-order valence-electron chi connectivity index (χ1n) is 8.17. The first-order valence-corrected chi connectivity index (χ1v) is 8.17. The van der Waals surface area contributed by atoms with Gasteiger partial charge in [-0.2, -0.15) is 5.10 Å². The molecular formula is C18H22FN3O3. The number of hydrogen-bond donors (Lipinski definition) is 1. The van der Waals surface area contributed by atoms with Crippen molar-refractivity contribution in [3.8, 4) is 0 Å². The van der Waals surface area contributed by atoms with E-state index in [2.05, 4.69) is 10.4 Å². The largest absolute Gasteiger partial charge is 0.466 e. The van der Waals surface area contributed by atoms with Crippen LogP contribution in [0.1, 0.15) is 55.3 Å². The van der Waals surface area contributed by atoms with Crippen molar-refractivity contribution in [1.82, 2.24) is 15.1 Å². The van der Waals surface area contributed by atoms with Crippen molar-refractivity contribution in [2.45, 2.75) is 39.3 Å². The monoisotopic (exact) mass is 347 g/mol. The molecule has 1 N–H and O–H groups in total. The molecule has 1 aromatic heterocycles. The van der Waals surface area contributed by atoms with Crippen LogP contribution < -0.4 is 5.32 Å². The lowest BCUT2D eigenvalue weighted by Gasteiger charge is -2.18. The van der Waals surface area contributed by atoms with Gasteiger partial charge in [-0.3, -0.25) is 14.3 Å². The Kier molecular flexibility index (Phi) is 6.27. The van der Waals surface area contributed by atoms with E-state index in [-0.39, 0.29) is 30.6 Å². The number of carbonyl (C=O) groups is 2. The van der Waals surface area contributed by atoms with Gasteiger partial charge in [-0.25, -0.2) is 4.39 Å². The lowest BCUT2D eigenvalue weighted by molar-refractivity contribution is -0.143. The van der Waals surface area contributed by atoms with Crippen molar-refractivity contribution in [2.75, 3.05) is 6.61 Å². The SMILES string of the molecule is CCOC(=O)C[C@H](NC(=O)c1ccn(C(C)C)n1)c1ccc(F)cc1. The molecule has 1 aromatic carbocycles. The first kappa shape index (κ1) is 18.6. The van der Waals surface area contributed by atoms with Gasteiger partial charge in [0.1, 0.15) is 11.5 Å². The fourth-order valence-corrected chi connectivity index (χ4v) is 2.31. The summed E-state index contributed by atoms with van der Waals surface area (Å²) in [5.41, 5.74) is 0.871. The van der Waals surface area contributed by atoms with Gasteiger partial charge < -0.3 is 10.1 Å². The third kappa shape index (κ3) is 5.14. The fraction of sp³-hybridized carbons (Fsp3) is 0.389. The molecule has 1 amide bonds. The van der Waals surface area contributed by atoms with Crippen LogP contribution in [0.5, 0.6) is 0 Å². The number of halogens is 1. The maximum Gasteiger partial charge on any atom is 0.308 e. The van der Waals surface area contributed by atoms with E-state index in [9.17, 15) is 14.0 Å². The summed E-state index contributed by atoms with van der Waals surface area (Å²) in [6.45, 7) is 5.87. The van der Waals surface area contributed by atoms with Crippen LogP contribution >= 0.6 is 0 Å². The van der Waals surface area contributed by atoms with Crippen LogP contribution in [0, 0.1) is 5.82 Å². The van der Waals surface area contributed by atoms with Gasteiger partial charge in [0.05, 0.1) is 19.1 Å². The zero-order valence-corrected chi connectivity index (χ0v) is 14.5. The van der Waals surface area contributed by atoms with Crippen LogP contribution in [-0.4, -0.2) is 28.3 Å². The normalized spacial score (nSPS) is 12.0. The highest BCUT2D eigenvalue weighted by atomic mass is 19.1. The zero-order chi connectivity index (χ0) is 18.4. The van der Waals surface area contributed by atoms with Crippen molar-refractivity contribution < 1.29 is 18.7 Å². The molecule has 1 heterocycles. The van der Waals surface area contributed by atoms with E-state index in [1.165, 1.54) is 24.3 Å². The van der Waals surface area contributed by atoms with E-state index < -0.39 is 17.9 Å². The molecule has 2 rings (SSSR count). The van der Waals surface area contributed by atoms with Crippen molar-refractivity contribution in [1.29, 1.82) is 0 Å². The molecular weight excluding hydrogens is 325 g/mol. The van der Waals surface area contributed by atoms with Gasteiger partial charge in [0, 0.05) is 12.2 Å². The number of esters is 1. The number of hydrogen-bond acceptors (Lipinski definition) is 4. The number of carbonyl (C=O) groups excluding carboxylic acids is 2. The molecule has 0 aliphatic carbocycles. The molecule has 0 radical (unpaired) electrons. The molecule has 25 heavy (non-hydrogen) atoms. The number of ether oxygens (including phenoxy) is 1. The van der Waals surface area contributed by atoms with Crippen LogP contribution in [0.4, 0.5) is 4.39 Å². The predicted molar refractivity (Wildman–Crippen MR) is 90.5 cm³/mol. The van der Waals surface area contributed by atoms with Gasteiger partial charge in [-0.1, -0.05) is 12.1 Å². The Morgan fingerprint density at radius 3 is 2.48 bits per heavy atom. The van der Waals surface area contributed by atoms with Gasteiger partial charge >= 0.3 is 5.97 Å². The molecule has 0 unspecified atom stereocenters. The molecule has 0 aliphatic rings. The molecule has 0 bridgehead atoms. The summed E-state index contributed by atoms with van der Waals surface area (Å²) in [4.78, 5) is 24.3. The van der Waals surface area contributed by atoms with Crippen LogP contribution in [0.2, 0.25) is 0 Å². The van der Waals surface area contributed by atoms with Crippen LogP contribution in [0.3, 0.4) is 0 Å². The Labute approximate surface area is 146 Å². The molecule has 2 aromatic rings.